The van der Waals surface area contributed by atoms with Crippen molar-refractivity contribution < 1.29 is 17.6 Å². The minimum absolute atomic E-state index is 0. The smallest absolute Gasteiger partial charge is 0.191 e. The first-order valence-electron chi connectivity index (χ1n) is 9.42. The molecule has 166 valence electrons. The van der Waals surface area contributed by atoms with E-state index in [-0.39, 0.29) is 36.1 Å². The highest BCUT2D eigenvalue weighted by Crippen LogP contribution is 2.36. The van der Waals surface area contributed by atoms with Crippen molar-refractivity contribution in [3.05, 3.63) is 57.3 Å². The molecule has 30 heavy (non-hydrogen) atoms. The van der Waals surface area contributed by atoms with Gasteiger partial charge in [-0.05, 0) is 43.8 Å². The molecule has 0 bridgehead atoms. The van der Waals surface area contributed by atoms with Crippen LogP contribution < -0.4 is 10.6 Å². The van der Waals surface area contributed by atoms with Gasteiger partial charge in [0.2, 0.25) is 0 Å². The maximum absolute atomic E-state index is 13.8. The van der Waals surface area contributed by atoms with Gasteiger partial charge in [-0.1, -0.05) is 6.07 Å². The van der Waals surface area contributed by atoms with Crippen molar-refractivity contribution in [2.24, 2.45) is 10.9 Å². The van der Waals surface area contributed by atoms with E-state index in [1.54, 1.807) is 11.3 Å². The first-order chi connectivity index (χ1) is 13.9. The molecule has 2 atom stereocenters. The van der Waals surface area contributed by atoms with E-state index in [0.29, 0.717) is 18.4 Å². The molecule has 0 saturated carbocycles. The monoisotopic (exact) mass is 556 g/mol. The van der Waals surface area contributed by atoms with Gasteiger partial charge in [-0.15, -0.1) is 35.3 Å². The third-order valence-corrected chi connectivity index (χ3v) is 6.18. The van der Waals surface area contributed by atoms with Gasteiger partial charge in [0.15, 0.2) is 29.2 Å². The summed E-state index contributed by atoms with van der Waals surface area (Å²) in [4.78, 5) is 7.67. The Labute approximate surface area is 194 Å². The average molecular weight is 556 g/mol. The van der Waals surface area contributed by atoms with E-state index in [2.05, 4.69) is 39.0 Å². The van der Waals surface area contributed by atoms with Gasteiger partial charge in [-0.3, -0.25) is 9.89 Å². The van der Waals surface area contributed by atoms with Crippen LogP contribution in [-0.2, 0) is 6.54 Å². The average Bonchev–Trinajstić information content (AvgIpc) is 3.23. The highest BCUT2D eigenvalue weighted by molar-refractivity contribution is 14.0. The topological polar surface area (TPSA) is 39.7 Å². The lowest BCUT2D eigenvalue weighted by Crippen LogP contribution is -2.44. The molecule has 3 rings (SSSR count). The third-order valence-electron chi connectivity index (χ3n) is 5.23. The standard InChI is InChI=1S/C20H24F4N4S.HI/c1-25-20(27-11-13-17(23)14(21)9-15(22)18(13)24)26-10-12-5-3-7-28(2)19(12)16-6-4-8-29-16;/h4,6,8-9,12,19H,3,5,7,10-11H2,1-2H3,(H2,25,26,27);1H. The maximum atomic E-state index is 13.8. The van der Waals surface area contributed by atoms with Crippen molar-refractivity contribution in [2.75, 3.05) is 27.2 Å². The van der Waals surface area contributed by atoms with Crippen LogP contribution >= 0.6 is 35.3 Å². The Balaban J connectivity index is 0.00000320. The third kappa shape index (κ3) is 5.64. The van der Waals surface area contributed by atoms with Crippen LogP contribution in [0.3, 0.4) is 0 Å². The van der Waals surface area contributed by atoms with Crippen LogP contribution in [0, 0.1) is 29.2 Å². The Bertz CT molecular complexity index is 837. The van der Waals surface area contributed by atoms with E-state index in [9.17, 15) is 17.6 Å². The van der Waals surface area contributed by atoms with E-state index >= 15 is 0 Å². The summed E-state index contributed by atoms with van der Waals surface area (Å²) >= 11 is 1.72. The number of aliphatic imine (C=N–C) groups is 1. The van der Waals surface area contributed by atoms with Gasteiger partial charge in [-0.2, -0.15) is 0 Å². The molecular formula is C20H25F4IN4S. The second-order valence-corrected chi connectivity index (χ2v) is 8.08. The summed E-state index contributed by atoms with van der Waals surface area (Å²) in [6.45, 7) is 1.20. The van der Waals surface area contributed by atoms with Crippen molar-refractivity contribution >= 4 is 41.3 Å². The zero-order valence-corrected chi connectivity index (χ0v) is 19.9. The van der Waals surface area contributed by atoms with Gasteiger partial charge in [0.25, 0.3) is 0 Å². The SMILES string of the molecule is CN=C(NCc1c(F)c(F)cc(F)c1F)NCC1CCCN(C)C1c1cccs1.I. The summed E-state index contributed by atoms with van der Waals surface area (Å²) in [5, 5.41) is 7.97. The van der Waals surface area contributed by atoms with Gasteiger partial charge in [-0.25, -0.2) is 17.6 Å². The van der Waals surface area contributed by atoms with Crippen molar-refractivity contribution in [1.82, 2.24) is 15.5 Å². The Morgan fingerprint density at radius 2 is 1.90 bits per heavy atom. The van der Waals surface area contributed by atoms with Gasteiger partial charge in [0.05, 0.1) is 0 Å². The molecule has 4 nitrogen and oxygen atoms in total. The molecule has 2 unspecified atom stereocenters. The predicted octanol–water partition coefficient (Wildman–Crippen LogP) is 4.67. The number of nitrogens with zero attached hydrogens (tertiary/aromatic N) is 2. The summed E-state index contributed by atoms with van der Waals surface area (Å²) < 4.78 is 54.4. The second kappa shape index (κ2) is 11.3. The number of likely N-dealkylation sites (tertiary alicyclic amines) is 1. The van der Waals surface area contributed by atoms with Crippen LogP contribution in [0.5, 0.6) is 0 Å². The number of guanidine groups is 1. The Kier molecular flexibility index (Phi) is 9.35. The van der Waals surface area contributed by atoms with E-state index in [1.807, 2.05) is 6.07 Å². The number of halogens is 5. The number of benzene rings is 1. The molecule has 1 aromatic heterocycles. The molecule has 0 amide bonds. The fourth-order valence-corrected chi connectivity index (χ4v) is 4.76. The molecule has 0 radical (unpaired) electrons. The van der Waals surface area contributed by atoms with Crippen molar-refractivity contribution in [3.8, 4) is 0 Å². The first kappa shape index (κ1) is 24.9. The van der Waals surface area contributed by atoms with E-state index in [1.165, 1.54) is 11.9 Å². The second-order valence-electron chi connectivity index (χ2n) is 7.10. The molecule has 1 saturated heterocycles. The zero-order valence-electron chi connectivity index (χ0n) is 16.7. The van der Waals surface area contributed by atoms with Gasteiger partial charge >= 0.3 is 0 Å². The molecular weight excluding hydrogens is 531 g/mol. The van der Waals surface area contributed by atoms with Crippen LogP contribution in [0.15, 0.2) is 28.6 Å². The molecule has 1 aromatic carbocycles. The highest BCUT2D eigenvalue weighted by Gasteiger charge is 2.31. The number of hydrogen-bond acceptors (Lipinski definition) is 3. The fourth-order valence-electron chi connectivity index (χ4n) is 3.78. The van der Waals surface area contributed by atoms with Crippen molar-refractivity contribution in [3.63, 3.8) is 0 Å². The lowest BCUT2D eigenvalue weighted by atomic mass is 9.88. The Hall–Kier alpha value is -1.40. The molecule has 0 spiro atoms. The van der Waals surface area contributed by atoms with Crippen LogP contribution in [-0.4, -0.2) is 38.0 Å². The van der Waals surface area contributed by atoms with Gasteiger partial charge in [0, 0.05) is 42.7 Å². The van der Waals surface area contributed by atoms with Gasteiger partial charge in [0.1, 0.15) is 0 Å². The summed E-state index contributed by atoms with van der Waals surface area (Å²) in [6.07, 6.45) is 2.12. The van der Waals surface area contributed by atoms with E-state index in [0.717, 1.165) is 19.4 Å². The summed E-state index contributed by atoms with van der Waals surface area (Å²) in [7, 11) is 3.63. The summed E-state index contributed by atoms with van der Waals surface area (Å²) in [5.74, 6) is -5.02. The van der Waals surface area contributed by atoms with Crippen LogP contribution in [0.1, 0.15) is 29.3 Å². The maximum Gasteiger partial charge on any atom is 0.191 e. The largest absolute Gasteiger partial charge is 0.356 e. The molecule has 1 fully saturated rings. The predicted molar refractivity (Wildman–Crippen MR) is 122 cm³/mol. The molecule has 1 aliphatic heterocycles. The van der Waals surface area contributed by atoms with Crippen molar-refractivity contribution in [2.45, 2.75) is 25.4 Å². The number of hydrogen-bond donors (Lipinski definition) is 2. The quantitative estimate of drug-likeness (QED) is 0.185. The number of piperidine rings is 1. The van der Waals surface area contributed by atoms with Crippen molar-refractivity contribution in [1.29, 1.82) is 0 Å². The van der Waals surface area contributed by atoms with E-state index in [4.69, 9.17) is 0 Å². The molecule has 10 heteroatoms. The minimum atomic E-state index is -1.42. The molecule has 1 aliphatic rings. The number of rotatable bonds is 5. The van der Waals surface area contributed by atoms with Crippen LogP contribution in [0.4, 0.5) is 17.6 Å². The molecule has 2 N–H and O–H groups in total. The number of nitrogens with one attached hydrogen (secondary N) is 2. The number of thiophene rings is 1. The molecule has 2 heterocycles. The van der Waals surface area contributed by atoms with Crippen LogP contribution in [0.25, 0.3) is 0 Å². The zero-order chi connectivity index (χ0) is 21.0. The fraction of sp³-hybridized carbons (Fsp3) is 0.450. The summed E-state index contributed by atoms with van der Waals surface area (Å²) in [5.41, 5.74) is -0.695. The van der Waals surface area contributed by atoms with E-state index < -0.39 is 35.4 Å². The normalized spacial score (nSPS) is 20.0. The highest BCUT2D eigenvalue weighted by atomic mass is 127. The lowest BCUT2D eigenvalue weighted by molar-refractivity contribution is 0.125. The molecule has 0 aliphatic carbocycles. The first-order valence-corrected chi connectivity index (χ1v) is 10.3. The van der Waals surface area contributed by atoms with Gasteiger partial charge < -0.3 is 10.6 Å². The molecule has 2 aromatic rings. The lowest BCUT2D eigenvalue weighted by Gasteiger charge is -2.39. The minimum Gasteiger partial charge on any atom is -0.356 e. The Morgan fingerprint density at radius 3 is 2.50 bits per heavy atom. The Morgan fingerprint density at radius 1 is 1.20 bits per heavy atom. The summed E-state index contributed by atoms with van der Waals surface area (Å²) in [6, 6.07) is 4.64. The van der Waals surface area contributed by atoms with Crippen LogP contribution in [0.2, 0.25) is 0 Å².